The van der Waals surface area contributed by atoms with Crippen LogP contribution in [0, 0.1) is 0 Å². The summed E-state index contributed by atoms with van der Waals surface area (Å²) in [4.78, 5) is 60.8. The second kappa shape index (κ2) is 7.13. The molecule has 1 aliphatic carbocycles. The summed E-state index contributed by atoms with van der Waals surface area (Å²) in [7, 11) is 2.80. The van der Waals surface area contributed by atoms with Gasteiger partial charge in [0.1, 0.15) is 11.2 Å². The number of aromatic nitrogens is 4. The van der Waals surface area contributed by atoms with Crippen molar-refractivity contribution >= 4 is 45.5 Å². The largest absolute Gasteiger partial charge is 0.431 e. The van der Waals surface area contributed by atoms with Crippen molar-refractivity contribution in [1.29, 1.82) is 0 Å². The Labute approximate surface area is 184 Å². The van der Waals surface area contributed by atoms with E-state index in [1.54, 1.807) is 19.1 Å². The van der Waals surface area contributed by atoms with Crippen molar-refractivity contribution in [2.45, 2.75) is 18.6 Å². The minimum Gasteiger partial charge on any atom is -0.431 e. The fraction of sp³-hybridized carbons (Fsp3) is 0.182. The van der Waals surface area contributed by atoms with E-state index < -0.39 is 22.8 Å². The van der Waals surface area contributed by atoms with Crippen LogP contribution in [0.4, 0.5) is 0 Å². The molecule has 160 valence electrons. The lowest BCUT2D eigenvalue weighted by atomic mass is 9.90. The van der Waals surface area contributed by atoms with Crippen molar-refractivity contribution in [3.05, 3.63) is 72.9 Å². The molecule has 0 radical (unpaired) electrons. The topological polar surface area (TPSA) is 117 Å². The number of hydrogen-bond acceptors (Lipinski definition) is 8. The molecular formula is C22H16N4O5S. The van der Waals surface area contributed by atoms with Gasteiger partial charge in [0.05, 0.1) is 27.1 Å². The summed E-state index contributed by atoms with van der Waals surface area (Å²) >= 11 is 0.950. The first-order valence-corrected chi connectivity index (χ1v) is 10.6. The van der Waals surface area contributed by atoms with E-state index in [0.29, 0.717) is 23.2 Å². The van der Waals surface area contributed by atoms with Crippen LogP contribution in [0.5, 0.6) is 0 Å². The van der Waals surface area contributed by atoms with Crippen molar-refractivity contribution in [3.63, 3.8) is 0 Å². The Morgan fingerprint density at radius 1 is 1.00 bits per heavy atom. The van der Waals surface area contributed by atoms with Gasteiger partial charge < -0.3 is 4.42 Å². The number of ketones is 2. The number of rotatable bonds is 3. The molecule has 0 atom stereocenters. The first-order valence-electron chi connectivity index (χ1n) is 9.78. The number of oxazole rings is 1. The molecular weight excluding hydrogens is 432 g/mol. The van der Waals surface area contributed by atoms with Gasteiger partial charge in [-0.3, -0.25) is 23.5 Å². The Bertz CT molecular complexity index is 1610. The molecule has 0 aliphatic heterocycles. The minimum atomic E-state index is -0.667. The molecule has 1 aromatic carbocycles. The van der Waals surface area contributed by atoms with Crippen LogP contribution < -0.4 is 11.2 Å². The summed E-state index contributed by atoms with van der Waals surface area (Å²) in [6.07, 6.45) is 1.52. The number of nitrogens with zero attached hydrogens (tertiary/aromatic N) is 4. The van der Waals surface area contributed by atoms with Crippen molar-refractivity contribution < 1.29 is 14.0 Å². The molecule has 3 heterocycles. The van der Waals surface area contributed by atoms with Gasteiger partial charge in [-0.25, -0.2) is 14.8 Å². The van der Waals surface area contributed by atoms with Gasteiger partial charge in [0.2, 0.25) is 5.78 Å². The highest BCUT2D eigenvalue weighted by Crippen LogP contribution is 2.36. The summed E-state index contributed by atoms with van der Waals surface area (Å²) < 4.78 is 7.78. The van der Waals surface area contributed by atoms with Crippen LogP contribution in [0.1, 0.15) is 33.3 Å². The van der Waals surface area contributed by atoms with Gasteiger partial charge in [-0.15, -0.1) is 0 Å². The number of allylic oxidation sites excluding steroid dienone is 2. The number of Topliss-reactive ketones (excluding diaryl/α,β-unsaturated/α-hetero) is 1. The highest BCUT2D eigenvalue weighted by molar-refractivity contribution is 8.03. The maximum Gasteiger partial charge on any atom is 0.332 e. The maximum absolute atomic E-state index is 13.4. The van der Waals surface area contributed by atoms with Crippen LogP contribution in [-0.4, -0.2) is 30.7 Å². The number of hydrogen-bond donors (Lipinski definition) is 0. The van der Waals surface area contributed by atoms with Crippen molar-refractivity contribution in [1.82, 2.24) is 19.1 Å². The first-order chi connectivity index (χ1) is 15.3. The second-order valence-corrected chi connectivity index (χ2v) is 8.31. The zero-order valence-corrected chi connectivity index (χ0v) is 18.1. The molecule has 4 aromatic rings. The SMILES string of the molecule is CCc1nc2c(c3c1C(=O)C(Sc1nc4ccccc4o1)=CC3=O)c(=O)n(C)c(=O)n2C. The van der Waals surface area contributed by atoms with E-state index in [1.807, 2.05) is 12.1 Å². The van der Waals surface area contributed by atoms with Crippen molar-refractivity contribution in [2.24, 2.45) is 14.1 Å². The molecule has 5 rings (SSSR count). The lowest BCUT2D eigenvalue weighted by Gasteiger charge is -2.19. The predicted molar refractivity (Wildman–Crippen MR) is 118 cm³/mol. The number of fused-ring (bicyclic) bond motifs is 4. The van der Waals surface area contributed by atoms with E-state index in [9.17, 15) is 19.2 Å². The monoisotopic (exact) mass is 448 g/mol. The Hall–Kier alpha value is -3.79. The zero-order valence-electron chi connectivity index (χ0n) is 17.3. The molecule has 10 heteroatoms. The fourth-order valence-electron chi connectivity index (χ4n) is 3.83. The number of aryl methyl sites for hydroxylation is 2. The third kappa shape index (κ3) is 2.79. The van der Waals surface area contributed by atoms with Gasteiger partial charge in [0.15, 0.2) is 11.4 Å². The van der Waals surface area contributed by atoms with Crippen LogP contribution in [-0.2, 0) is 20.5 Å². The third-order valence-electron chi connectivity index (χ3n) is 5.43. The van der Waals surface area contributed by atoms with E-state index in [0.717, 1.165) is 16.3 Å². The molecule has 0 spiro atoms. The Kier molecular flexibility index (Phi) is 4.48. The van der Waals surface area contributed by atoms with Crippen LogP contribution in [0.15, 0.2) is 54.5 Å². The molecule has 3 aromatic heterocycles. The number of carbonyl (C=O) groups excluding carboxylic acids is 2. The van der Waals surface area contributed by atoms with Gasteiger partial charge in [-0.1, -0.05) is 19.1 Å². The fourth-order valence-corrected chi connectivity index (χ4v) is 4.65. The number of carbonyl (C=O) groups is 2. The Morgan fingerprint density at radius 3 is 2.47 bits per heavy atom. The Morgan fingerprint density at radius 2 is 1.75 bits per heavy atom. The predicted octanol–water partition coefficient (Wildman–Crippen LogP) is 2.39. The van der Waals surface area contributed by atoms with E-state index in [1.165, 1.54) is 24.7 Å². The minimum absolute atomic E-state index is 0.0186. The molecule has 1 aliphatic rings. The summed E-state index contributed by atoms with van der Waals surface area (Å²) in [6.45, 7) is 1.79. The molecule has 0 bridgehead atoms. The molecule has 0 saturated carbocycles. The normalized spacial score (nSPS) is 13.7. The number of para-hydroxylation sites is 2. The molecule has 32 heavy (non-hydrogen) atoms. The van der Waals surface area contributed by atoms with Crippen molar-refractivity contribution in [2.75, 3.05) is 0 Å². The van der Waals surface area contributed by atoms with Crippen molar-refractivity contribution in [3.8, 4) is 0 Å². The van der Waals surface area contributed by atoms with Crippen LogP contribution in [0.2, 0.25) is 0 Å². The standard InChI is InChI=1S/C22H16N4O5S/c1-4-10-15-16(17-19(23-10)25(2)22(30)26(3)20(17)29)12(27)9-14(18(15)28)32-21-24-11-7-5-6-8-13(11)31-21/h5-9H,4H2,1-3H3. The third-order valence-corrected chi connectivity index (χ3v) is 6.30. The lowest BCUT2D eigenvalue weighted by Crippen LogP contribution is -2.39. The van der Waals surface area contributed by atoms with Gasteiger partial charge in [-0.2, -0.15) is 0 Å². The van der Waals surface area contributed by atoms with E-state index in [-0.39, 0.29) is 32.3 Å². The second-order valence-electron chi connectivity index (χ2n) is 7.32. The van der Waals surface area contributed by atoms with Crippen LogP contribution in [0.3, 0.4) is 0 Å². The summed E-state index contributed by atoms with van der Waals surface area (Å²) in [5, 5.41) is 0.189. The zero-order chi connectivity index (χ0) is 22.7. The Balaban J connectivity index is 1.72. The van der Waals surface area contributed by atoms with Gasteiger partial charge in [0, 0.05) is 20.2 Å². The van der Waals surface area contributed by atoms with Crippen LogP contribution in [0.25, 0.3) is 22.1 Å². The summed E-state index contributed by atoms with van der Waals surface area (Å²) in [5.74, 6) is -0.940. The average Bonchev–Trinajstić information content (AvgIpc) is 3.20. The highest BCUT2D eigenvalue weighted by atomic mass is 32.2. The first kappa shape index (κ1) is 20.1. The average molecular weight is 448 g/mol. The lowest BCUT2D eigenvalue weighted by molar-refractivity contribution is 0.0991. The highest BCUT2D eigenvalue weighted by Gasteiger charge is 2.34. The quantitative estimate of drug-likeness (QED) is 0.469. The summed E-state index contributed by atoms with van der Waals surface area (Å²) in [6, 6.07) is 7.17. The van der Waals surface area contributed by atoms with E-state index in [2.05, 4.69) is 9.97 Å². The molecule has 9 nitrogen and oxygen atoms in total. The van der Waals surface area contributed by atoms with Gasteiger partial charge in [-0.05, 0) is 30.3 Å². The maximum atomic E-state index is 13.4. The van der Waals surface area contributed by atoms with E-state index >= 15 is 0 Å². The van der Waals surface area contributed by atoms with E-state index in [4.69, 9.17) is 4.42 Å². The number of benzene rings is 1. The smallest absolute Gasteiger partial charge is 0.332 e. The number of thioether (sulfide) groups is 1. The molecule has 0 fully saturated rings. The molecule has 0 amide bonds. The molecule has 0 N–H and O–H groups in total. The molecule has 0 saturated heterocycles. The summed E-state index contributed by atoms with van der Waals surface area (Å²) in [5.41, 5.74) is 0.468. The number of pyridine rings is 1. The van der Waals surface area contributed by atoms with Gasteiger partial charge in [0.25, 0.3) is 10.8 Å². The van der Waals surface area contributed by atoms with Gasteiger partial charge >= 0.3 is 5.69 Å². The molecule has 0 unspecified atom stereocenters. The van der Waals surface area contributed by atoms with Crippen LogP contribution >= 0.6 is 11.8 Å².